The zero-order valence-corrected chi connectivity index (χ0v) is 17.5. The van der Waals surface area contributed by atoms with Gasteiger partial charge in [0.2, 0.25) is 0 Å². The minimum absolute atomic E-state index is 0. The molecule has 2 aromatic rings. The third-order valence-electron chi connectivity index (χ3n) is 1.83. The number of aromatic nitrogens is 4. The fourth-order valence-electron chi connectivity index (χ4n) is 1.20. The Morgan fingerprint density at radius 1 is 1.19 bits per heavy atom. The van der Waals surface area contributed by atoms with E-state index in [4.69, 9.17) is 5.11 Å². The molecule has 0 amide bonds. The molecule has 2 heterocycles. The third-order valence-corrected chi connectivity index (χ3v) is 1.83. The van der Waals surface area contributed by atoms with Crippen LogP contribution in [0.2, 0.25) is 0 Å². The third kappa shape index (κ3) is 3.53. The van der Waals surface area contributed by atoms with Gasteiger partial charge >= 0.3 is 0 Å². The Labute approximate surface area is 136 Å². The molecule has 1 N–H and O–H groups in total. The van der Waals surface area contributed by atoms with E-state index in [0.717, 1.165) is 5.56 Å². The molecule has 86 valence electrons. The molecule has 8 heteroatoms. The first kappa shape index (κ1) is 18.9. The number of hydrogen-bond donors (Lipinski definition) is 1. The molecule has 2 rings (SSSR count). The number of fused-ring (bicyclic) bond motifs is 1. The van der Waals surface area contributed by atoms with Crippen LogP contribution in [0.5, 0.6) is 0 Å². The van der Waals surface area contributed by atoms with Crippen LogP contribution < -0.4 is 0 Å². The van der Waals surface area contributed by atoms with E-state index in [-0.39, 0.29) is 69.8 Å². The van der Waals surface area contributed by atoms with Gasteiger partial charge in [0.1, 0.15) is 5.82 Å². The number of hydrogen-bond acceptors (Lipinski definition) is 4. The smallest absolute Gasteiger partial charge is 0.132 e. The van der Waals surface area contributed by atoms with Crippen molar-refractivity contribution in [3.63, 3.8) is 0 Å². The van der Waals surface area contributed by atoms with E-state index in [0.29, 0.717) is 17.2 Å². The first-order valence-electron chi connectivity index (χ1n) is 3.94. The van der Waals surface area contributed by atoms with E-state index in [1.165, 1.54) is 0 Å². The Hall–Kier alpha value is 0.575. The quantitative estimate of drug-likeness (QED) is 0.422. The molecule has 0 bridgehead atoms. The molecule has 0 spiro atoms. The summed E-state index contributed by atoms with van der Waals surface area (Å²) in [5, 5.41) is 20.8. The maximum absolute atomic E-state index is 8.90. The molecular weight excluding hydrogens is 720 g/mol. The molecule has 0 saturated heterocycles. The summed E-state index contributed by atoms with van der Waals surface area (Å²) < 4.78 is 1.61. The Morgan fingerprint density at radius 2 is 1.81 bits per heavy atom. The molecule has 0 unspecified atom stereocenters. The normalized spacial score (nSPS) is 8.94. The fourth-order valence-corrected chi connectivity index (χ4v) is 1.20. The summed E-state index contributed by atoms with van der Waals surface area (Å²) >= 11 is 0. The van der Waals surface area contributed by atoms with Crippen LogP contribution >= 0.6 is 0 Å². The van der Waals surface area contributed by atoms with Gasteiger partial charge in [0.25, 0.3) is 0 Å². The van der Waals surface area contributed by atoms with Crippen LogP contribution in [0, 0.1) is 19.9 Å². The van der Waals surface area contributed by atoms with Crippen molar-refractivity contribution in [3.05, 3.63) is 23.1 Å². The minimum atomic E-state index is -0.117. The second-order valence-corrected chi connectivity index (χ2v) is 2.84. The maximum Gasteiger partial charge on any atom is 0.132 e. The molecule has 0 aromatic carbocycles. The van der Waals surface area contributed by atoms with Crippen LogP contribution in [0.3, 0.4) is 0 Å². The first-order valence-corrected chi connectivity index (χ1v) is 3.94. The number of nitrogens with zero attached hydrogens (tertiary/aromatic N) is 4. The summed E-state index contributed by atoms with van der Waals surface area (Å²) in [5.74, 6) is 0.710. The van der Waals surface area contributed by atoms with Crippen molar-refractivity contribution in [3.8, 4) is 0 Å². The van der Waals surface area contributed by atoms with Gasteiger partial charge < -0.3 is 5.11 Å². The SMILES string of the molecule is Cc1[c-]c(CO)nn2c(C)nnc12.[W].[W].[W]. The van der Waals surface area contributed by atoms with E-state index < -0.39 is 0 Å². The summed E-state index contributed by atoms with van der Waals surface area (Å²) in [5.41, 5.74) is 2.04. The van der Waals surface area contributed by atoms with E-state index in [1.54, 1.807) is 4.52 Å². The molecule has 0 fully saturated rings. The van der Waals surface area contributed by atoms with Gasteiger partial charge in [-0.05, 0) is 12.6 Å². The van der Waals surface area contributed by atoms with Crippen LogP contribution in [0.4, 0.5) is 0 Å². The zero-order valence-electron chi connectivity index (χ0n) is 8.67. The number of rotatable bonds is 1. The molecule has 16 heavy (non-hydrogen) atoms. The van der Waals surface area contributed by atoms with Crippen LogP contribution in [0.15, 0.2) is 0 Å². The van der Waals surface area contributed by atoms with Gasteiger partial charge in [-0.3, -0.25) is 4.52 Å². The second-order valence-electron chi connectivity index (χ2n) is 2.84. The Balaban J connectivity index is 0. The predicted molar refractivity (Wildman–Crippen MR) is 45.0 cm³/mol. The van der Waals surface area contributed by atoms with Crippen molar-refractivity contribution in [1.82, 2.24) is 19.8 Å². The van der Waals surface area contributed by atoms with Crippen molar-refractivity contribution in [1.29, 1.82) is 0 Å². The summed E-state index contributed by atoms with van der Waals surface area (Å²) in [4.78, 5) is 0. The van der Waals surface area contributed by atoms with Gasteiger partial charge in [-0.2, -0.15) is 10.7 Å². The summed E-state index contributed by atoms with van der Waals surface area (Å²) in [6, 6.07) is 2.93. The standard InChI is InChI=1S/C8H9N4O.3W/c1-5-3-7(4-13)11-12-6(2)9-10-8(5)12;;;/h13H,4H2,1-2H3;;;/q-1;;;. The van der Waals surface area contributed by atoms with Crippen molar-refractivity contribution in [2.75, 3.05) is 0 Å². The van der Waals surface area contributed by atoms with Crippen LogP contribution in [-0.4, -0.2) is 24.9 Å². The minimum Gasteiger partial charge on any atom is -0.392 e. The molecule has 0 aliphatic heterocycles. The molecule has 2 aromatic heterocycles. The largest absolute Gasteiger partial charge is 0.392 e. The van der Waals surface area contributed by atoms with Gasteiger partial charge in [0.15, 0.2) is 0 Å². The van der Waals surface area contributed by atoms with Gasteiger partial charge in [-0.1, -0.05) is 6.92 Å². The average molecular weight is 729 g/mol. The number of aryl methyl sites for hydroxylation is 2. The first-order chi connectivity index (χ1) is 6.22. The molecule has 0 saturated carbocycles. The Kier molecular flexibility index (Phi) is 9.25. The Morgan fingerprint density at radius 3 is 2.38 bits per heavy atom. The summed E-state index contributed by atoms with van der Waals surface area (Å²) in [6.07, 6.45) is 0. The number of aliphatic hydroxyl groups excluding tert-OH is 1. The van der Waals surface area contributed by atoms with Gasteiger partial charge in [-0.15, -0.1) is 0 Å². The zero-order chi connectivity index (χ0) is 9.42. The van der Waals surface area contributed by atoms with Crippen molar-refractivity contribution in [2.45, 2.75) is 20.5 Å². The van der Waals surface area contributed by atoms with E-state index >= 15 is 0 Å². The van der Waals surface area contributed by atoms with Crippen LogP contribution in [0.1, 0.15) is 17.1 Å². The fraction of sp³-hybridized carbons (Fsp3) is 0.375. The van der Waals surface area contributed by atoms with Crippen molar-refractivity contribution >= 4 is 5.65 Å². The van der Waals surface area contributed by atoms with Gasteiger partial charge in [-0.25, -0.2) is 16.3 Å². The Bertz CT molecular complexity index is 460. The molecule has 0 atom stereocenters. The van der Waals surface area contributed by atoms with Crippen molar-refractivity contribution < 1.29 is 68.3 Å². The monoisotopic (exact) mass is 729 g/mol. The van der Waals surface area contributed by atoms with Gasteiger partial charge in [0.05, 0.1) is 6.61 Å². The molecule has 0 aliphatic carbocycles. The van der Waals surface area contributed by atoms with Crippen LogP contribution in [-0.2, 0) is 69.8 Å². The van der Waals surface area contributed by atoms with Crippen molar-refractivity contribution in [2.24, 2.45) is 0 Å². The summed E-state index contributed by atoms with van der Waals surface area (Å²) in [7, 11) is 0. The molecule has 0 radical (unpaired) electrons. The van der Waals surface area contributed by atoms with E-state index in [2.05, 4.69) is 21.4 Å². The van der Waals surface area contributed by atoms with Gasteiger partial charge in [0, 0.05) is 68.8 Å². The molecule has 0 aliphatic rings. The maximum atomic E-state index is 8.90. The topological polar surface area (TPSA) is 63.3 Å². The molecular formula is C8H9N4OW3-. The van der Waals surface area contributed by atoms with E-state index in [1.807, 2.05) is 13.8 Å². The molecule has 5 nitrogen and oxygen atoms in total. The average Bonchev–Trinajstić information content (AvgIpc) is 2.48. The predicted octanol–water partition coefficient (Wildman–Crippen LogP) is 0.0261. The second kappa shape index (κ2) is 7.82. The van der Waals surface area contributed by atoms with E-state index in [9.17, 15) is 0 Å². The van der Waals surface area contributed by atoms with Crippen LogP contribution in [0.25, 0.3) is 5.65 Å². The summed E-state index contributed by atoms with van der Waals surface area (Å²) in [6.45, 7) is 3.56. The number of aliphatic hydroxyl groups is 1.